The number of hydrogen-bond donors (Lipinski definition) is 0. The Bertz CT molecular complexity index is 1560. The summed E-state index contributed by atoms with van der Waals surface area (Å²) in [5.74, 6) is 3.07. The average molecular weight is 699 g/mol. The molecule has 1 fully saturated rings. The lowest BCUT2D eigenvalue weighted by atomic mass is 10.0. The van der Waals surface area contributed by atoms with Gasteiger partial charge in [0.1, 0.15) is 19.7 Å². The van der Waals surface area contributed by atoms with Crippen LogP contribution >= 0.6 is 0 Å². The first-order chi connectivity index (χ1) is 22.9. The summed E-state index contributed by atoms with van der Waals surface area (Å²) in [5.41, 5.74) is 3.78. The van der Waals surface area contributed by atoms with Gasteiger partial charge in [0.25, 0.3) is 8.32 Å². The van der Waals surface area contributed by atoms with E-state index in [9.17, 15) is 9.59 Å². The molecule has 1 saturated heterocycles. The zero-order valence-electron chi connectivity index (χ0n) is 30.9. The van der Waals surface area contributed by atoms with E-state index in [2.05, 4.69) is 100 Å². The first kappa shape index (κ1) is 38.1. The number of rotatable bonds is 9. The quantitative estimate of drug-likeness (QED) is 0.134. The normalized spacial score (nSPS) is 17.7. The Morgan fingerprint density at radius 3 is 1.82 bits per heavy atom. The topological polar surface area (TPSA) is 68.3 Å². The first-order valence-electron chi connectivity index (χ1n) is 17.2. The lowest BCUT2D eigenvalue weighted by Crippen LogP contribution is -2.67. The number of ether oxygens (including phenoxy) is 1. The highest BCUT2D eigenvalue weighted by Gasteiger charge is 2.54. The highest BCUT2D eigenvalue weighted by Crippen LogP contribution is 2.40. The maximum atomic E-state index is 14.1. The first-order valence-corrected chi connectivity index (χ1v) is 22.6. The fourth-order valence-electron chi connectivity index (χ4n) is 6.45. The largest absolute Gasteiger partial charge is 0.444 e. The smallest absolute Gasteiger partial charge is 0.410 e. The molecule has 7 nitrogen and oxygen atoms in total. The van der Waals surface area contributed by atoms with Gasteiger partial charge in [-0.3, -0.25) is 9.69 Å². The van der Waals surface area contributed by atoms with Crippen LogP contribution in [0.15, 0.2) is 91.0 Å². The Kier molecular flexibility index (Phi) is 12.0. The molecule has 0 spiro atoms. The van der Waals surface area contributed by atoms with Crippen LogP contribution in [-0.4, -0.2) is 68.8 Å². The standard InChI is InChI=1S/C40H54N2O5Si2/c1-31(43)46-42(29-32-20-14-11-15-21-32)36(26-27-48(8,9)10)37-28-33(30-41(37)38(44)45-39(2,3)4)47-49(40(5,6)7,34-22-16-12-17-23-34)35-24-18-13-19-25-35/h11-25,33,36-37H,28-30H2,1-10H3/t33-,36+,37+/m1/s1. The SMILES string of the molecule is CC(=O)ON(Cc1ccccc1)[C@@H](C#C[Si](C)(C)C)[C@@H]1C[C@@H](O[Si](c2ccccc2)(c2ccccc2)C(C)(C)C)CN1C(=O)OC(C)(C)C. The van der Waals surface area contributed by atoms with E-state index in [1.807, 2.05) is 63.2 Å². The van der Waals surface area contributed by atoms with Gasteiger partial charge in [-0.1, -0.05) is 137 Å². The summed E-state index contributed by atoms with van der Waals surface area (Å²) in [7, 11) is -4.85. The van der Waals surface area contributed by atoms with Crippen molar-refractivity contribution in [2.75, 3.05) is 6.54 Å². The van der Waals surface area contributed by atoms with Crippen molar-refractivity contribution in [1.29, 1.82) is 0 Å². The monoisotopic (exact) mass is 698 g/mol. The fraction of sp³-hybridized carbons (Fsp3) is 0.450. The third-order valence-electron chi connectivity index (χ3n) is 8.39. The minimum absolute atomic E-state index is 0.251. The van der Waals surface area contributed by atoms with Gasteiger partial charge in [-0.15, -0.1) is 10.6 Å². The van der Waals surface area contributed by atoms with Crippen LogP contribution in [0, 0.1) is 11.5 Å². The zero-order valence-corrected chi connectivity index (χ0v) is 32.9. The predicted molar refractivity (Wildman–Crippen MR) is 202 cm³/mol. The van der Waals surface area contributed by atoms with Crippen molar-refractivity contribution in [2.24, 2.45) is 0 Å². The van der Waals surface area contributed by atoms with E-state index in [1.165, 1.54) is 17.3 Å². The molecule has 0 radical (unpaired) electrons. The second-order valence-corrected chi connectivity index (χ2v) is 24.9. The zero-order chi connectivity index (χ0) is 36.0. The fourth-order valence-corrected chi connectivity index (χ4v) is 11.7. The molecular formula is C40H54N2O5Si2. The molecule has 1 amide bonds. The van der Waals surface area contributed by atoms with Crippen molar-refractivity contribution in [3.63, 3.8) is 0 Å². The Hall–Kier alpha value is -3.69. The number of hydroxylamine groups is 2. The third kappa shape index (κ3) is 9.95. The van der Waals surface area contributed by atoms with E-state index in [4.69, 9.17) is 14.0 Å². The summed E-state index contributed by atoms with van der Waals surface area (Å²) in [6, 6.07) is 29.8. The Morgan fingerprint density at radius 1 is 0.857 bits per heavy atom. The van der Waals surface area contributed by atoms with Crippen molar-refractivity contribution in [3.05, 3.63) is 96.6 Å². The van der Waals surface area contributed by atoms with Crippen LogP contribution < -0.4 is 10.4 Å². The maximum absolute atomic E-state index is 14.1. The highest BCUT2D eigenvalue weighted by atomic mass is 28.4. The van der Waals surface area contributed by atoms with Gasteiger partial charge in [-0.05, 0) is 48.2 Å². The molecule has 49 heavy (non-hydrogen) atoms. The van der Waals surface area contributed by atoms with Gasteiger partial charge in [-0.25, -0.2) is 4.79 Å². The summed E-state index contributed by atoms with van der Waals surface area (Å²) in [5, 5.41) is 3.74. The van der Waals surface area contributed by atoms with Gasteiger partial charge in [0.2, 0.25) is 0 Å². The van der Waals surface area contributed by atoms with Crippen LogP contribution in [-0.2, 0) is 25.3 Å². The molecule has 3 aromatic rings. The second kappa shape index (κ2) is 15.5. The van der Waals surface area contributed by atoms with Gasteiger partial charge in [0.15, 0.2) is 0 Å². The number of benzene rings is 3. The Morgan fingerprint density at radius 2 is 1.37 bits per heavy atom. The minimum atomic E-state index is -2.96. The molecule has 0 aliphatic carbocycles. The van der Waals surface area contributed by atoms with Gasteiger partial charge in [0.05, 0.1) is 18.7 Å². The van der Waals surface area contributed by atoms with E-state index in [-0.39, 0.29) is 11.1 Å². The van der Waals surface area contributed by atoms with E-state index in [1.54, 1.807) is 9.96 Å². The summed E-state index contributed by atoms with van der Waals surface area (Å²) < 4.78 is 13.6. The predicted octanol–water partition coefficient (Wildman–Crippen LogP) is 7.17. The van der Waals surface area contributed by atoms with E-state index >= 15 is 0 Å². The molecule has 3 aromatic carbocycles. The van der Waals surface area contributed by atoms with Crippen LogP contribution in [0.5, 0.6) is 0 Å². The average Bonchev–Trinajstić information content (AvgIpc) is 3.42. The summed E-state index contributed by atoms with van der Waals surface area (Å²) in [6.07, 6.45) is -0.286. The maximum Gasteiger partial charge on any atom is 0.410 e. The number of amides is 1. The number of carbonyl (C=O) groups is 2. The molecular weight excluding hydrogens is 645 g/mol. The molecule has 1 aliphatic rings. The van der Waals surface area contributed by atoms with Crippen LogP contribution in [0.3, 0.4) is 0 Å². The molecule has 1 aliphatic heterocycles. The lowest BCUT2D eigenvalue weighted by molar-refractivity contribution is -0.201. The molecule has 3 atom stereocenters. The molecule has 9 heteroatoms. The summed E-state index contributed by atoms with van der Waals surface area (Å²) >= 11 is 0. The molecule has 0 unspecified atom stereocenters. The summed E-state index contributed by atoms with van der Waals surface area (Å²) in [4.78, 5) is 34.4. The Labute approximate surface area is 296 Å². The van der Waals surface area contributed by atoms with Crippen molar-refractivity contribution in [3.8, 4) is 11.5 Å². The highest BCUT2D eigenvalue weighted by molar-refractivity contribution is 6.99. The summed E-state index contributed by atoms with van der Waals surface area (Å²) in [6.45, 7) is 20.9. The molecule has 0 aromatic heterocycles. The van der Waals surface area contributed by atoms with Crippen molar-refractivity contribution < 1.29 is 23.6 Å². The molecule has 0 N–H and O–H groups in total. The lowest BCUT2D eigenvalue weighted by Gasteiger charge is -2.44. The van der Waals surface area contributed by atoms with Crippen LogP contribution in [0.25, 0.3) is 0 Å². The second-order valence-electron chi connectivity index (χ2n) is 15.9. The van der Waals surface area contributed by atoms with E-state index < -0.39 is 46.1 Å². The van der Waals surface area contributed by atoms with Crippen molar-refractivity contribution >= 4 is 38.8 Å². The van der Waals surface area contributed by atoms with Crippen LogP contribution in [0.4, 0.5) is 4.79 Å². The number of carbonyl (C=O) groups excluding carboxylic acids is 2. The molecule has 0 saturated carbocycles. The van der Waals surface area contributed by atoms with Gasteiger partial charge < -0.3 is 14.0 Å². The van der Waals surface area contributed by atoms with Gasteiger partial charge >= 0.3 is 12.1 Å². The molecule has 0 bridgehead atoms. The minimum Gasteiger partial charge on any atom is -0.444 e. The van der Waals surface area contributed by atoms with Crippen molar-refractivity contribution in [1.82, 2.24) is 9.96 Å². The van der Waals surface area contributed by atoms with E-state index in [0.29, 0.717) is 19.5 Å². The number of nitrogens with zero attached hydrogens (tertiary/aromatic N) is 2. The number of likely N-dealkylation sites (tertiary alicyclic amines) is 1. The Balaban J connectivity index is 1.87. The van der Waals surface area contributed by atoms with Crippen molar-refractivity contribution in [2.45, 2.75) is 110 Å². The van der Waals surface area contributed by atoms with E-state index in [0.717, 1.165) is 5.56 Å². The van der Waals surface area contributed by atoms with Crippen LogP contribution in [0.1, 0.15) is 60.5 Å². The van der Waals surface area contributed by atoms with Gasteiger partial charge in [0, 0.05) is 13.5 Å². The number of hydrogen-bond acceptors (Lipinski definition) is 6. The molecule has 4 rings (SSSR count). The molecule has 1 heterocycles. The third-order valence-corrected chi connectivity index (χ3v) is 14.4. The van der Waals surface area contributed by atoms with Crippen LogP contribution in [0.2, 0.25) is 24.7 Å². The van der Waals surface area contributed by atoms with Gasteiger partial charge in [-0.2, -0.15) is 0 Å². The molecule has 262 valence electrons.